The van der Waals surface area contributed by atoms with Crippen LogP contribution >= 0.6 is 12.0 Å². The van der Waals surface area contributed by atoms with Crippen LogP contribution in [0.2, 0.25) is 0 Å². The van der Waals surface area contributed by atoms with E-state index in [9.17, 15) is 9.59 Å². The van der Waals surface area contributed by atoms with Crippen molar-refractivity contribution in [2.45, 2.75) is 32.5 Å². The zero-order chi connectivity index (χ0) is 20.7. The SMILES string of the molecule is COC(=O)c1cccc(C(OSC)c2ccc(NC(=O)OC(C)(C)C)cc2)n1. The zero-order valence-corrected chi connectivity index (χ0v) is 17.3. The number of aromatic nitrogens is 1. The molecule has 1 aromatic carbocycles. The number of amides is 1. The van der Waals surface area contributed by atoms with Crippen LogP contribution in [0.4, 0.5) is 10.5 Å². The minimum absolute atomic E-state index is 0.206. The van der Waals surface area contributed by atoms with Crippen LogP contribution in [0.3, 0.4) is 0 Å². The number of benzene rings is 1. The van der Waals surface area contributed by atoms with E-state index in [1.807, 2.05) is 12.1 Å². The normalized spacial score (nSPS) is 12.2. The molecule has 1 N–H and O–H groups in total. The van der Waals surface area contributed by atoms with Gasteiger partial charge in [-0.15, -0.1) is 0 Å². The van der Waals surface area contributed by atoms with Gasteiger partial charge in [0.1, 0.15) is 17.4 Å². The lowest BCUT2D eigenvalue weighted by molar-refractivity contribution is 0.0591. The van der Waals surface area contributed by atoms with E-state index < -0.39 is 23.8 Å². The first-order chi connectivity index (χ1) is 13.2. The van der Waals surface area contributed by atoms with Gasteiger partial charge in [0.05, 0.1) is 12.8 Å². The number of hydrogen-bond donors (Lipinski definition) is 1. The highest BCUT2D eigenvalue weighted by atomic mass is 32.2. The predicted octanol–water partition coefficient (Wildman–Crippen LogP) is 4.60. The van der Waals surface area contributed by atoms with Crippen LogP contribution < -0.4 is 5.32 Å². The van der Waals surface area contributed by atoms with Crippen LogP contribution in [0.15, 0.2) is 42.5 Å². The fourth-order valence-electron chi connectivity index (χ4n) is 2.35. The fraction of sp³-hybridized carbons (Fsp3) is 0.350. The molecule has 0 saturated carbocycles. The summed E-state index contributed by atoms with van der Waals surface area (Å²) in [6, 6.07) is 12.2. The Hall–Kier alpha value is -2.58. The summed E-state index contributed by atoms with van der Waals surface area (Å²) in [6.07, 6.45) is 0.787. The van der Waals surface area contributed by atoms with Crippen molar-refractivity contribution < 1.29 is 23.2 Å². The number of nitrogens with one attached hydrogen (secondary N) is 1. The van der Waals surface area contributed by atoms with Gasteiger partial charge in [-0.2, -0.15) is 0 Å². The minimum Gasteiger partial charge on any atom is -0.464 e. The molecule has 1 amide bonds. The van der Waals surface area contributed by atoms with E-state index in [2.05, 4.69) is 10.3 Å². The number of anilines is 1. The molecule has 7 nitrogen and oxygen atoms in total. The number of carbonyl (C=O) groups is 2. The lowest BCUT2D eigenvalue weighted by Gasteiger charge is -2.20. The van der Waals surface area contributed by atoms with Gasteiger partial charge in [-0.3, -0.25) is 5.32 Å². The number of carbonyl (C=O) groups excluding carboxylic acids is 2. The van der Waals surface area contributed by atoms with Crippen molar-refractivity contribution in [3.63, 3.8) is 0 Å². The molecule has 0 radical (unpaired) electrons. The van der Waals surface area contributed by atoms with E-state index in [4.69, 9.17) is 13.7 Å². The van der Waals surface area contributed by atoms with Gasteiger partial charge in [-0.05, 0) is 62.6 Å². The molecular formula is C20H24N2O5S. The molecule has 0 aliphatic heterocycles. The maximum absolute atomic E-state index is 11.9. The number of nitrogens with zero attached hydrogens (tertiary/aromatic N) is 1. The number of hydrogen-bond acceptors (Lipinski definition) is 7. The maximum atomic E-state index is 11.9. The van der Waals surface area contributed by atoms with Crippen molar-refractivity contribution in [3.8, 4) is 0 Å². The lowest BCUT2D eigenvalue weighted by Crippen LogP contribution is -2.27. The average Bonchev–Trinajstić information content (AvgIpc) is 2.65. The topological polar surface area (TPSA) is 86.8 Å². The third-order valence-corrected chi connectivity index (χ3v) is 3.87. The van der Waals surface area contributed by atoms with Crippen molar-refractivity contribution in [3.05, 3.63) is 59.4 Å². The van der Waals surface area contributed by atoms with E-state index in [1.54, 1.807) is 57.4 Å². The van der Waals surface area contributed by atoms with Gasteiger partial charge in [0.15, 0.2) is 0 Å². The molecule has 0 aliphatic rings. The van der Waals surface area contributed by atoms with Crippen molar-refractivity contribution in [2.24, 2.45) is 0 Å². The Bertz CT molecular complexity index is 818. The Kier molecular flexibility index (Phi) is 7.42. The van der Waals surface area contributed by atoms with E-state index in [1.165, 1.54) is 19.2 Å². The second-order valence-corrected chi connectivity index (χ2v) is 7.36. The van der Waals surface area contributed by atoms with Gasteiger partial charge in [0.2, 0.25) is 0 Å². The molecule has 0 spiro atoms. The average molecular weight is 404 g/mol. The largest absolute Gasteiger partial charge is 0.464 e. The lowest BCUT2D eigenvalue weighted by atomic mass is 10.1. The molecule has 0 aliphatic carbocycles. The third kappa shape index (κ3) is 6.24. The maximum Gasteiger partial charge on any atom is 0.412 e. The Labute approximate surface area is 169 Å². The first kappa shape index (κ1) is 21.7. The monoisotopic (exact) mass is 404 g/mol. The molecule has 28 heavy (non-hydrogen) atoms. The first-order valence-electron chi connectivity index (χ1n) is 8.58. The van der Waals surface area contributed by atoms with Crippen molar-refractivity contribution in [1.82, 2.24) is 4.98 Å². The Morgan fingerprint density at radius 1 is 1.11 bits per heavy atom. The number of pyridine rings is 1. The molecule has 0 bridgehead atoms. The van der Waals surface area contributed by atoms with Gasteiger partial charge in [-0.1, -0.05) is 18.2 Å². The minimum atomic E-state index is -0.572. The summed E-state index contributed by atoms with van der Waals surface area (Å²) in [6.45, 7) is 5.40. The third-order valence-electron chi connectivity index (χ3n) is 3.48. The Morgan fingerprint density at radius 3 is 2.36 bits per heavy atom. The molecule has 2 aromatic rings. The Balaban J connectivity index is 2.21. The molecule has 8 heteroatoms. The van der Waals surface area contributed by atoms with E-state index in [-0.39, 0.29) is 5.69 Å². The van der Waals surface area contributed by atoms with Gasteiger partial charge < -0.3 is 13.7 Å². The molecule has 0 fully saturated rings. The second-order valence-electron chi connectivity index (χ2n) is 6.83. The van der Waals surface area contributed by atoms with E-state index >= 15 is 0 Å². The van der Waals surface area contributed by atoms with Gasteiger partial charge in [0.25, 0.3) is 0 Å². The van der Waals surface area contributed by atoms with Crippen LogP contribution in [0.25, 0.3) is 0 Å². The molecule has 1 aromatic heterocycles. The summed E-state index contributed by atoms with van der Waals surface area (Å²) >= 11 is 1.19. The highest BCUT2D eigenvalue weighted by molar-refractivity contribution is 7.93. The van der Waals surface area contributed by atoms with Gasteiger partial charge in [0, 0.05) is 11.9 Å². The van der Waals surface area contributed by atoms with E-state index in [0.717, 1.165) is 5.56 Å². The molecule has 150 valence electrons. The molecule has 0 saturated heterocycles. The highest BCUT2D eigenvalue weighted by Crippen LogP contribution is 2.29. The molecule has 1 unspecified atom stereocenters. The first-order valence-corrected chi connectivity index (χ1v) is 9.73. The predicted molar refractivity (Wildman–Crippen MR) is 108 cm³/mol. The van der Waals surface area contributed by atoms with Crippen molar-refractivity contribution >= 4 is 29.8 Å². The molecule has 2 rings (SSSR count). The summed E-state index contributed by atoms with van der Waals surface area (Å²) in [7, 11) is 1.31. The summed E-state index contributed by atoms with van der Waals surface area (Å²) in [4.78, 5) is 28.0. The van der Waals surface area contributed by atoms with E-state index in [0.29, 0.717) is 11.4 Å². The van der Waals surface area contributed by atoms with Crippen molar-refractivity contribution in [1.29, 1.82) is 0 Å². The van der Waals surface area contributed by atoms with Crippen LogP contribution in [0.5, 0.6) is 0 Å². The van der Waals surface area contributed by atoms with Crippen molar-refractivity contribution in [2.75, 3.05) is 18.7 Å². The summed E-state index contributed by atoms with van der Waals surface area (Å²) < 4.78 is 15.7. The standard InChI is InChI=1S/C20H24N2O5S/c1-20(2,3)26-19(24)21-14-11-9-13(10-12-14)17(27-28-5)15-7-6-8-16(22-15)18(23)25-4/h6-12,17H,1-5H3,(H,21,24). The number of rotatable bonds is 6. The quantitative estimate of drug-likeness (QED) is 0.556. The number of esters is 1. The Morgan fingerprint density at radius 2 is 1.79 bits per heavy atom. The molecule has 1 heterocycles. The van der Waals surface area contributed by atoms with Crippen LogP contribution in [0, 0.1) is 0 Å². The summed E-state index contributed by atoms with van der Waals surface area (Å²) in [5.74, 6) is -0.512. The van der Waals surface area contributed by atoms with Crippen LogP contribution in [-0.4, -0.2) is 36.0 Å². The number of ether oxygens (including phenoxy) is 2. The van der Waals surface area contributed by atoms with Crippen LogP contribution in [0.1, 0.15) is 48.6 Å². The fourth-order valence-corrected chi connectivity index (χ4v) is 2.75. The molecular weight excluding hydrogens is 380 g/mol. The molecule has 1 atom stereocenters. The highest BCUT2D eigenvalue weighted by Gasteiger charge is 2.20. The smallest absolute Gasteiger partial charge is 0.412 e. The number of methoxy groups -OCH3 is 1. The summed E-state index contributed by atoms with van der Waals surface area (Å²) in [5, 5.41) is 2.68. The van der Waals surface area contributed by atoms with Gasteiger partial charge >= 0.3 is 12.1 Å². The van der Waals surface area contributed by atoms with Gasteiger partial charge in [-0.25, -0.2) is 14.6 Å². The second kappa shape index (κ2) is 9.57. The van der Waals surface area contributed by atoms with Crippen LogP contribution in [-0.2, 0) is 13.7 Å². The zero-order valence-electron chi connectivity index (χ0n) is 16.5. The summed E-state index contributed by atoms with van der Waals surface area (Å²) in [5.41, 5.74) is 1.62.